The third kappa shape index (κ3) is 8.80. The third-order valence-corrected chi connectivity index (χ3v) is 28.2. The monoisotopic (exact) mass is 764 g/mol. The Balaban J connectivity index is 0.000000166. The van der Waals surface area contributed by atoms with Crippen molar-refractivity contribution in [2.45, 2.75) is 61.6 Å². The fourth-order valence-corrected chi connectivity index (χ4v) is 6.39. The maximum absolute atomic E-state index is 5.81. The van der Waals surface area contributed by atoms with Crippen LogP contribution in [0.5, 0.6) is 0 Å². The summed E-state index contributed by atoms with van der Waals surface area (Å²) in [5, 5.41) is 5.26. The van der Waals surface area contributed by atoms with E-state index in [2.05, 4.69) is 146 Å². The van der Waals surface area contributed by atoms with Gasteiger partial charge in [-0.15, -0.1) is 63.5 Å². The molecule has 1 heterocycles. The Bertz CT molecular complexity index is 2200. The third-order valence-electron chi connectivity index (χ3n) is 8.44. The maximum atomic E-state index is 5.81. The number of furan rings is 1. The smallest absolute Gasteiger partial charge is 0.0896 e. The molecule has 0 N–H and O–H groups in total. The fraction of sp³-hybridized carbons (Fsp3) is 0.209. The summed E-state index contributed by atoms with van der Waals surface area (Å²) in [6, 6.07) is 37.6. The van der Waals surface area contributed by atoms with E-state index in [1.807, 2.05) is 19.1 Å². The summed E-state index contributed by atoms with van der Waals surface area (Å²) in [5.41, 5.74) is 14.1. The first kappa shape index (κ1) is 36.3. The van der Waals surface area contributed by atoms with Crippen molar-refractivity contribution in [3.63, 3.8) is 0 Å². The van der Waals surface area contributed by atoms with E-state index in [1.54, 1.807) is 0 Å². The molecule has 0 aliphatic heterocycles. The number of rotatable bonds is 3. The minimum absolute atomic E-state index is 0.224. The Hall–Kier alpha value is -2.94. The van der Waals surface area contributed by atoms with Crippen molar-refractivity contribution in [3.05, 3.63) is 142 Å². The van der Waals surface area contributed by atoms with E-state index in [0.29, 0.717) is 0 Å². The molecular formula is C43H44Cl2OSiZr-2. The van der Waals surface area contributed by atoms with Gasteiger partial charge in [0.1, 0.15) is 0 Å². The van der Waals surface area contributed by atoms with Crippen LogP contribution in [0.2, 0.25) is 13.1 Å². The first-order valence-electron chi connectivity index (χ1n) is 16.4. The number of aryl methyl sites for hydroxylation is 7. The number of hydrogen-bond donors (Lipinski definition) is 0. The molecule has 0 amide bonds. The van der Waals surface area contributed by atoms with Gasteiger partial charge in [0.25, 0.3) is 0 Å². The molecule has 246 valence electrons. The summed E-state index contributed by atoms with van der Waals surface area (Å²) in [5.74, 6) is 1.88. The van der Waals surface area contributed by atoms with E-state index >= 15 is 0 Å². The van der Waals surface area contributed by atoms with Crippen LogP contribution in [0.3, 0.4) is 0 Å². The van der Waals surface area contributed by atoms with Gasteiger partial charge in [-0.3, -0.25) is 0 Å². The van der Waals surface area contributed by atoms with E-state index in [0.717, 1.165) is 17.1 Å². The molecule has 1 aromatic heterocycles. The number of hydrogen-bond acceptors (Lipinski definition) is 1. The van der Waals surface area contributed by atoms with Crippen molar-refractivity contribution in [1.82, 2.24) is 0 Å². The van der Waals surface area contributed by atoms with Gasteiger partial charge in [-0.05, 0) is 70.4 Å². The predicted octanol–water partition coefficient (Wildman–Crippen LogP) is 14.0. The van der Waals surface area contributed by atoms with E-state index in [4.69, 9.17) is 21.4 Å². The normalized spacial score (nSPS) is 10.8. The van der Waals surface area contributed by atoms with E-state index in [9.17, 15) is 0 Å². The van der Waals surface area contributed by atoms with Crippen LogP contribution in [0.1, 0.15) is 39.1 Å². The minimum Gasteiger partial charge on any atom is -0.496 e. The molecule has 0 radical (unpaired) electrons. The van der Waals surface area contributed by atoms with Crippen LogP contribution >= 0.6 is 17.0 Å². The van der Waals surface area contributed by atoms with Crippen molar-refractivity contribution in [1.29, 1.82) is 0 Å². The van der Waals surface area contributed by atoms with Gasteiger partial charge in [-0.2, -0.15) is 6.07 Å². The van der Waals surface area contributed by atoms with Crippen molar-refractivity contribution < 1.29 is 22.4 Å². The molecule has 7 aromatic rings. The molecular weight excluding hydrogens is 723 g/mol. The summed E-state index contributed by atoms with van der Waals surface area (Å²) in [6.45, 7) is 19.3. The van der Waals surface area contributed by atoms with Crippen LogP contribution in [0, 0.1) is 48.5 Å². The molecule has 0 unspecified atom stereocenters. The van der Waals surface area contributed by atoms with Crippen molar-refractivity contribution >= 4 is 44.0 Å². The minimum atomic E-state index is -1.65. The van der Waals surface area contributed by atoms with Crippen molar-refractivity contribution in [2.75, 3.05) is 0 Å². The number of benzene rings is 4. The Labute approximate surface area is 301 Å². The SMILES string of the molecule is C[Si](C)=[Zr]([Cl])[Cl].Cc1cc(C)cc(-c2c(C)ccc3[cH-]c(-c4ccc(C)o4)cc23)c1.Cc1cc(C)cc(-c2cccc3[cH-]c(C)cc23)c1. The average Bonchev–Trinajstić information content (AvgIpc) is 3.73. The molecule has 0 spiro atoms. The van der Waals surface area contributed by atoms with Gasteiger partial charge >= 0.3 is 53.5 Å². The summed E-state index contributed by atoms with van der Waals surface area (Å²) >= 11 is -1.65. The molecule has 6 aromatic carbocycles. The first-order valence-corrected chi connectivity index (χ1v) is 28.9. The van der Waals surface area contributed by atoms with Crippen LogP contribution in [-0.2, 0) is 18.0 Å². The molecule has 0 saturated carbocycles. The van der Waals surface area contributed by atoms with E-state index < -0.39 is 18.0 Å². The summed E-state index contributed by atoms with van der Waals surface area (Å²) < 4.78 is 5.81. The van der Waals surface area contributed by atoms with Gasteiger partial charge in [0.05, 0.1) is 11.5 Å². The predicted molar refractivity (Wildman–Crippen MR) is 210 cm³/mol. The van der Waals surface area contributed by atoms with Crippen molar-refractivity contribution in [2.24, 2.45) is 0 Å². The maximum Gasteiger partial charge on any atom is 0.0896 e. The van der Waals surface area contributed by atoms with Gasteiger partial charge in [0.15, 0.2) is 0 Å². The Kier molecular flexibility index (Phi) is 11.9. The van der Waals surface area contributed by atoms with Crippen molar-refractivity contribution in [3.8, 4) is 33.6 Å². The van der Waals surface area contributed by atoms with Crippen LogP contribution < -0.4 is 0 Å². The molecule has 1 nitrogen and oxygen atoms in total. The molecule has 7 rings (SSSR count). The molecule has 0 aliphatic carbocycles. The summed E-state index contributed by atoms with van der Waals surface area (Å²) in [4.78, 5) is 0. The van der Waals surface area contributed by atoms with E-state index in [-0.39, 0.29) is 5.43 Å². The standard InChI is InChI=1S/C23H21O.C18H17.C2H6Si.2ClH.Zr/c1-14-9-15(2)11-20(10-14)23-16(3)5-7-18-12-19(13-21(18)23)22-8-6-17(4)24-22;1-12-7-13(2)10-16(9-12)17-6-4-5-15-8-14(3)11-18(15)17;1-3-2;;;/h5-13H,1-4H3;4-11H,1-3H3;1-2H3;2*1H;/q2*-1;;;;+2/p-2. The zero-order chi connectivity index (χ0) is 34.7. The van der Waals surface area contributed by atoms with E-state index in [1.165, 1.54) is 77.2 Å². The number of fused-ring (bicyclic) bond motifs is 2. The fourth-order valence-electron chi connectivity index (χ4n) is 6.39. The van der Waals surface area contributed by atoms with Crippen LogP contribution in [0.15, 0.2) is 108 Å². The molecule has 5 heteroatoms. The average molecular weight is 767 g/mol. The quantitative estimate of drug-likeness (QED) is 0.129. The molecule has 0 atom stereocenters. The van der Waals surface area contributed by atoms with Crippen LogP contribution in [-0.4, -0.2) is 5.43 Å². The zero-order valence-corrected chi connectivity index (χ0v) is 34.4. The Morgan fingerprint density at radius 2 is 1.19 bits per heavy atom. The zero-order valence-electron chi connectivity index (χ0n) is 29.5. The molecule has 0 bridgehead atoms. The molecule has 48 heavy (non-hydrogen) atoms. The molecule has 0 aliphatic rings. The van der Waals surface area contributed by atoms with Crippen LogP contribution in [0.25, 0.3) is 55.1 Å². The Morgan fingerprint density at radius 3 is 1.75 bits per heavy atom. The second kappa shape index (κ2) is 15.7. The second-order valence-corrected chi connectivity index (χ2v) is 36.2. The largest absolute Gasteiger partial charge is 0.496 e. The van der Waals surface area contributed by atoms with Gasteiger partial charge in [0, 0.05) is 0 Å². The van der Waals surface area contributed by atoms with Crippen LogP contribution in [0.4, 0.5) is 0 Å². The van der Waals surface area contributed by atoms with Gasteiger partial charge in [0.2, 0.25) is 0 Å². The van der Waals surface area contributed by atoms with Gasteiger partial charge < -0.3 is 4.42 Å². The molecule has 0 saturated heterocycles. The van der Waals surface area contributed by atoms with Gasteiger partial charge in [-0.25, -0.2) is 0 Å². The Morgan fingerprint density at radius 1 is 0.604 bits per heavy atom. The summed E-state index contributed by atoms with van der Waals surface area (Å²) in [7, 11) is 11.2. The molecule has 0 fully saturated rings. The topological polar surface area (TPSA) is 13.1 Å². The number of halogens is 2. The summed E-state index contributed by atoms with van der Waals surface area (Å²) in [6.07, 6.45) is 0. The first-order chi connectivity index (χ1) is 22.8. The van der Waals surface area contributed by atoms with Gasteiger partial charge in [-0.1, -0.05) is 94.4 Å². The second-order valence-electron chi connectivity index (χ2n) is 13.3.